The van der Waals surface area contributed by atoms with E-state index in [0.717, 1.165) is 18.4 Å². The van der Waals surface area contributed by atoms with Crippen LogP contribution < -0.4 is 5.32 Å². The summed E-state index contributed by atoms with van der Waals surface area (Å²) < 4.78 is 48.2. The maximum Gasteiger partial charge on any atom is 0.416 e. The molecule has 112 valence electrons. The van der Waals surface area contributed by atoms with Crippen LogP contribution in [0.4, 0.5) is 13.2 Å². The highest BCUT2D eigenvalue weighted by Crippen LogP contribution is 2.35. The number of carbonyl (C=O) groups is 1. The number of carbonyl (C=O) groups excluding carboxylic acids is 1. The molecule has 0 radical (unpaired) electrons. The van der Waals surface area contributed by atoms with Gasteiger partial charge in [-0.05, 0) is 17.7 Å². The Morgan fingerprint density at radius 1 is 1.33 bits per heavy atom. The predicted molar refractivity (Wildman–Crippen MR) is 68.6 cm³/mol. The molecule has 0 bridgehead atoms. The topological polar surface area (TPSA) is 47.6 Å². The number of nitrogens with one attached hydrogen (secondary N) is 1. The van der Waals surface area contributed by atoms with Gasteiger partial charge in [0.25, 0.3) is 0 Å². The second-order valence-electron chi connectivity index (χ2n) is 4.18. The zero-order valence-electron chi connectivity index (χ0n) is 11.2. The summed E-state index contributed by atoms with van der Waals surface area (Å²) >= 11 is 0. The molecule has 1 aromatic rings. The quantitative estimate of drug-likeness (QED) is 0.688. The molecule has 2 rings (SSSR count). The van der Waals surface area contributed by atoms with E-state index in [1.807, 2.05) is 0 Å². The first kappa shape index (κ1) is 15.0. The number of ketones is 1. The lowest BCUT2D eigenvalue weighted by molar-refractivity contribution is -0.137. The van der Waals surface area contributed by atoms with Crippen molar-refractivity contribution >= 4 is 11.4 Å². The van der Waals surface area contributed by atoms with Gasteiger partial charge < -0.3 is 14.8 Å². The Bertz CT molecular complexity index is 633. The molecule has 0 fully saturated rings. The van der Waals surface area contributed by atoms with Crippen LogP contribution in [-0.2, 0) is 20.4 Å². The first-order valence-electron chi connectivity index (χ1n) is 5.93. The van der Waals surface area contributed by atoms with E-state index in [1.165, 1.54) is 26.3 Å². The molecule has 0 unspecified atom stereocenters. The maximum absolute atomic E-state index is 12.7. The Labute approximate surface area is 118 Å². The molecule has 1 aliphatic rings. The molecule has 0 saturated heterocycles. The van der Waals surface area contributed by atoms with E-state index in [4.69, 9.17) is 9.47 Å². The van der Waals surface area contributed by atoms with Crippen molar-refractivity contribution in [2.24, 2.45) is 0 Å². The minimum atomic E-state index is -4.48. The molecule has 21 heavy (non-hydrogen) atoms. The molecule has 1 heterocycles. The number of hydrogen-bond acceptors (Lipinski definition) is 4. The van der Waals surface area contributed by atoms with Crippen molar-refractivity contribution in [3.8, 4) is 0 Å². The van der Waals surface area contributed by atoms with Crippen LogP contribution in [0.25, 0.3) is 5.57 Å². The normalized spacial score (nSPS) is 17.2. The summed E-state index contributed by atoms with van der Waals surface area (Å²) in [6, 6.07) is 4.50. The van der Waals surface area contributed by atoms with Crippen LogP contribution in [0.1, 0.15) is 11.1 Å². The van der Waals surface area contributed by atoms with Gasteiger partial charge in [-0.3, -0.25) is 4.79 Å². The Kier molecular flexibility index (Phi) is 3.93. The van der Waals surface area contributed by atoms with Crippen molar-refractivity contribution in [1.82, 2.24) is 5.32 Å². The van der Waals surface area contributed by atoms with Crippen LogP contribution in [0, 0.1) is 0 Å². The van der Waals surface area contributed by atoms with Crippen LogP contribution in [0.2, 0.25) is 0 Å². The zero-order chi connectivity index (χ0) is 15.6. The average Bonchev–Trinajstić information content (AvgIpc) is 2.75. The van der Waals surface area contributed by atoms with Gasteiger partial charge in [-0.15, -0.1) is 0 Å². The lowest BCUT2D eigenvalue weighted by Crippen LogP contribution is -2.09. The monoisotopic (exact) mass is 299 g/mol. The molecule has 7 heteroatoms. The first-order chi connectivity index (χ1) is 9.88. The number of benzene rings is 1. The largest absolute Gasteiger partial charge is 0.500 e. The number of rotatable bonds is 3. The van der Waals surface area contributed by atoms with E-state index < -0.39 is 17.5 Å². The van der Waals surface area contributed by atoms with Gasteiger partial charge in [0.2, 0.25) is 17.4 Å². The summed E-state index contributed by atoms with van der Waals surface area (Å²) in [5.41, 5.74) is -0.675. The molecular formula is C14H12F3NO3. The van der Waals surface area contributed by atoms with E-state index in [0.29, 0.717) is 0 Å². The van der Waals surface area contributed by atoms with Gasteiger partial charge >= 0.3 is 6.18 Å². The van der Waals surface area contributed by atoms with Crippen molar-refractivity contribution in [3.63, 3.8) is 0 Å². The third kappa shape index (κ3) is 2.86. The molecule has 0 aromatic heterocycles. The number of ether oxygens (including phenoxy) is 2. The number of hydrogen-bond donors (Lipinski definition) is 1. The second-order valence-corrected chi connectivity index (χ2v) is 4.18. The van der Waals surface area contributed by atoms with Crippen LogP contribution in [0.3, 0.4) is 0 Å². The second kappa shape index (κ2) is 5.51. The molecule has 1 N–H and O–H groups in total. The van der Waals surface area contributed by atoms with Crippen LogP contribution in [0.5, 0.6) is 0 Å². The third-order valence-corrected chi connectivity index (χ3v) is 2.82. The number of halogens is 3. The van der Waals surface area contributed by atoms with Gasteiger partial charge in [0.1, 0.15) is 6.26 Å². The van der Waals surface area contributed by atoms with E-state index in [2.05, 4.69) is 5.32 Å². The minimum Gasteiger partial charge on any atom is -0.500 e. The lowest BCUT2D eigenvalue weighted by Gasteiger charge is -2.09. The molecule has 1 aliphatic heterocycles. The zero-order valence-corrected chi connectivity index (χ0v) is 11.2. The highest BCUT2D eigenvalue weighted by atomic mass is 19.4. The molecule has 0 spiro atoms. The van der Waals surface area contributed by atoms with Crippen LogP contribution in [0.15, 0.2) is 42.2 Å². The molecule has 4 nitrogen and oxygen atoms in total. The fraction of sp³-hybridized carbons (Fsp3) is 0.214. The predicted octanol–water partition coefficient (Wildman–Crippen LogP) is 2.68. The highest BCUT2D eigenvalue weighted by molar-refractivity contribution is 6.30. The number of methoxy groups -OCH3 is 1. The van der Waals surface area contributed by atoms with Crippen molar-refractivity contribution in [2.45, 2.75) is 6.18 Å². The van der Waals surface area contributed by atoms with Crippen molar-refractivity contribution in [1.29, 1.82) is 0 Å². The van der Waals surface area contributed by atoms with Gasteiger partial charge in [0, 0.05) is 7.05 Å². The summed E-state index contributed by atoms with van der Waals surface area (Å²) in [6.07, 6.45) is -3.38. The van der Waals surface area contributed by atoms with Gasteiger partial charge in [0.05, 0.1) is 18.2 Å². The minimum absolute atomic E-state index is 0.0342. The standard InChI is InChI=1S/C14H12F3NO3/c1-18-13-11(12(19)10(21-13)7-20-2)8-4-3-5-9(6-8)14(15,16)17/h3-7,18H,1-2H3. The first-order valence-corrected chi connectivity index (χ1v) is 5.93. The highest BCUT2D eigenvalue weighted by Gasteiger charge is 2.35. The smallest absolute Gasteiger partial charge is 0.416 e. The summed E-state index contributed by atoms with van der Waals surface area (Å²) in [6.45, 7) is 0. The Morgan fingerprint density at radius 2 is 2.05 bits per heavy atom. The molecule has 1 aromatic carbocycles. The van der Waals surface area contributed by atoms with E-state index >= 15 is 0 Å². The van der Waals surface area contributed by atoms with Gasteiger partial charge in [-0.1, -0.05) is 12.1 Å². The van der Waals surface area contributed by atoms with Crippen molar-refractivity contribution in [2.75, 3.05) is 14.2 Å². The molecular weight excluding hydrogens is 287 g/mol. The van der Waals surface area contributed by atoms with Gasteiger partial charge in [-0.25, -0.2) is 0 Å². The Hall–Kier alpha value is -2.44. The van der Waals surface area contributed by atoms with Crippen molar-refractivity contribution < 1.29 is 27.4 Å². The number of alkyl halides is 3. The van der Waals surface area contributed by atoms with Crippen LogP contribution in [-0.4, -0.2) is 19.9 Å². The fourth-order valence-electron chi connectivity index (χ4n) is 1.91. The Morgan fingerprint density at radius 3 is 2.62 bits per heavy atom. The summed E-state index contributed by atoms with van der Waals surface area (Å²) in [5, 5.41) is 2.65. The molecule has 0 aliphatic carbocycles. The third-order valence-electron chi connectivity index (χ3n) is 2.82. The molecule has 0 saturated carbocycles. The lowest BCUT2D eigenvalue weighted by atomic mass is 10.00. The summed E-state index contributed by atoms with van der Waals surface area (Å²) in [4.78, 5) is 12.2. The van der Waals surface area contributed by atoms with Gasteiger partial charge in [0.15, 0.2) is 0 Å². The van der Waals surface area contributed by atoms with Gasteiger partial charge in [-0.2, -0.15) is 13.2 Å². The van der Waals surface area contributed by atoms with Crippen molar-refractivity contribution in [3.05, 3.63) is 53.3 Å². The average molecular weight is 299 g/mol. The SMILES string of the molecule is CNC1=C(c2cccc(C(F)(F)F)c2)C(=O)C(=COC)O1. The number of Topliss-reactive ketones (excluding diaryl/α,β-unsaturated/α-hetero) is 1. The van der Waals surface area contributed by atoms with E-state index in [1.54, 1.807) is 0 Å². The van der Waals surface area contributed by atoms with E-state index in [-0.39, 0.29) is 22.8 Å². The van der Waals surface area contributed by atoms with E-state index in [9.17, 15) is 18.0 Å². The molecule has 0 atom stereocenters. The van der Waals surface area contributed by atoms with Crippen LogP contribution >= 0.6 is 0 Å². The maximum atomic E-state index is 12.7. The molecule has 0 amide bonds. The fourth-order valence-corrected chi connectivity index (χ4v) is 1.91. The Balaban J connectivity index is 2.50. The summed E-state index contributed by atoms with van der Waals surface area (Å²) in [5.74, 6) is -0.544. The summed E-state index contributed by atoms with van der Waals surface area (Å²) in [7, 11) is 2.84. The number of allylic oxidation sites excluding steroid dienone is 1.